The van der Waals surface area contributed by atoms with Crippen LogP contribution in [0, 0.1) is 5.82 Å². The first kappa shape index (κ1) is 13.7. The number of thiazole rings is 1. The average Bonchev–Trinajstić information content (AvgIpc) is 2.78. The van der Waals surface area contributed by atoms with Crippen molar-refractivity contribution in [2.75, 3.05) is 0 Å². The summed E-state index contributed by atoms with van der Waals surface area (Å²) in [7, 11) is 0. The maximum Gasteiger partial charge on any atom is 0.217 e. The molecule has 0 spiro atoms. The summed E-state index contributed by atoms with van der Waals surface area (Å²) in [6.45, 7) is 5.28. The second kappa shape index (κ2) is 5.09. The molecule has 2 aromatic rings. The quantitative estimate of drug-likeness (QED) is 0.935. The first-order chi connectivity index (χ1) is 8.88. The summed E-state index contributed by atoms with van der Waals surface area (Å²) < 4.78 is 12.9. The molecule has 0 saturated carbocycles. The topological polar surface area (TPSA) is 42.0 Å². The second-order valence-electron chi connectivity index (χ2n) is 4.85. The highest BCUT2D eigenvalue weighted by Crippen LogP contribution is 2.28. The van der Waals surface area contributed by atoms with Crippen LogP contribution in [0.25, 0.3) is 10.6 Å². The number of benzene rings is 1. The van der Waals surface area contributed by atoms with E-state index in [4.69, 9.17) is 0 Å². The highest BCUT2D eigenvalue weighted by Gasteiger charge is 2.24. The van der Waals surface area contributed by atoms with Gasteiger partial charge in [0.05, 0.1) is 11.2 Å². The number of nitrogens with one attached hydrogen (secondary N) is 1. The fraction of sp³-hybridized carbons (Fsp3) is 0.286. The third kappa shape index (κ3) is 3.17. The van der Waals surface area contributed by atoms with E-state index < -0.39 is 5.54 Å². The van der Waals surface area contributed by atoms with Gasteiger partial charge in [-0.15, -0.1) is 11.3 Å². The van der Waals surface area contributed by atoms with Gasteiger partial charge in [-0.2, -0.15) is 0 Å². The van der Waals surface area contributed by atoms with Gasteiger partial charge in [-0.1, -0.05) is 0 Å². The third-order valence-corrected chi connectivity index (χ3v) is 3.62. The molecule has 3 nitrogen and oxygen atoms in total. The van der Waals surface area contributed by atoms with Gasteiger partial charge in [0.15, 0.2) is 0 Å². The summed E-state index contributed by atoms with van der Waals surface area (Å²) in [5.74, 6) is -0.361. The Morgan fingerprint density at radius 1 is 1.32 bits per heavy atom. The van der Waals surface area contributed by atoms with E-state index in [9.17, 15) is 9.18 Å². The Balaban J connectivity index is 2.28. The molecule has 0 bridgehead atoms. The number of amides is 1. The van der Waals surface area contributed by atoms with E-state index in [1.807, 2.05) is 19.2 Å². The van der Waals surface area contributed by atoms with Crippen molar-refractivity contribution in [1.29, 1.82) is 0 Å². The predicted octanol–water partition coefficient (Wildman–Crippen LogP) is 3.32. The van der Waals surface area contributed by atoms with Crippen molar-refractivity contribution in [3.8, 4) is 10.6 Å². The molecule has 0 aliphatic heterocycles. The third-order valence-electron chi connectivity index (χ3n) is 2.72. The van der Waals surface area contributed by atoms with Gasteiger partial charge in [0, 0.05) is 17.9 Å². The van der Waals surface area contributed by atoms with Gasteiger partial charge in [-0.25, -0.2) is 9.37 Å². The summed E-state index contributed by atoms with van der Waals surface area (Å²) in [6.07, 6.45) is 0. The first-order valence-corrected chi connectivity index (χ1v) is 6.77. The van der Waals surface area contributed by atoms with Crippen LogP contribution in [0.3, 0.4) is 0 Å². The van der Waals surface area contributed by atoms with Crippen molar-refractivity contribution < 1.29 is 9.18 Å². The Labute approximate surface area is 115 Å². The normalized spacial score (nSPS) is 11.4. The molecule has 100 valence electrons. The second-order valence-corrected chi connectivity index (χ2v) is 5.71. The number of carbonyl (C=O) groups is 1. The van der Waals surface area contributed by atoms with Crippen LogP contribution in [0.1, 0.15) is 26.5 Å². The summed E-state index contributed by atoms with van der Waals surface area (Å²) in [6, 6.07) is 6.22. The number of rotatable bonds is 3. The largest absolute Gasteiger partial charge is 0.346 e. The summed E-state index contributed by atoms with van der Waals surface area (Å²) >= 11 is 1.48. The van der Waals surface area contributed by atoms with Crippen LogP contribution in [-0.2, 0) is 10.3 Å². The van der Waals surface area contributed by atoms with Gasteiger partial charge in [0.1, 0.15) is 10.8 Å². The summed E-state index contributed by atoms with van der Waals surface area (Å²) in [5, 5.41) is 5.58. The van der Waals surface area contributed by atoms with Crippen molar-refractivity contribution in [2.24, 2.45) is 0 Å². The molecule has 0 saturated heterocycles. The molecule has 1 amide bonds. The molecule has 2 rings (SSSR count). The van der Waals surface area contributed by atoms with E-state index in [1.54, 1.807) is 12.1 Å². The Kier molecular flexibility index (Phi) is 3.66. The number of aromatic nitrogens is 1. The minimum atomic E-state index is -0.513. The molecule has 1 heterocycles. The van der Waals surface area contributed by atoms with Gasteiger partial charge < -0.3 is 5.32 Å². The van der Waals surface area contributed by atoms with E-state index >= 15 is 0 Å². The van der Waals surface area contributed by atoms with Gasteiger partial charge in [-0.3, -0.25) is 4.79 Å². The molecule has 1 aromatic heterocycles. The minimum absolute atomic E-state index is 0.0960. The van der Waals surface area contributed by atoms with Crippen molar-refractivity contribution in [3.05, 3.63) is 41.2 Å². The number of hydrogen-bond donors (Lipinski definition) is 1. The molecular weight excluding hydrogens is 263 g/mol. The Hall–Kier alpha value is -1.75. The molecule has 1 N–H and O–H groups in total. The SMILES string of the molecule is CC(=O)NC(C)(C)c1csc(-c2ccc(F)cc2)n1. The van der Waals surface area contributed by atoms with Gasteiger partial charge in [0.25, 0.3) is 0 Å². The number of nitrogens with zero attached hydrogens (tertiary/aromatic N) is 1. The first-order valence-electron chi connectivity index (χ1n) is 5.89. The number of halogens is 1. The van der Waals surface area contributed by atoms with Gasteiger partial charge in [0.2, 0.25) is 5.91 Å². The summed E-state index contributed by atoms with van der Waals surface area (Å²) in [5.41, 5.74) is 1.16. The monoisotopic (exact) mass is 278 g/mol. The highest BCUT2D eigenvalue weighted by molar-refractivity contribution is 7.13. The Morgan fingerprint density at radius 3 is 2.53 bits per heavy atom. The van der Waals surface area contributed by atoms with Crippen LogP contribution in [0.5, 0.6) is 0 Å². The predicted molar refractivity (Wildman–Crippen MR) is 74.4 cm³/mol. The van der Waals surface area contributed by atoms with Crippen LogP contribution < -0.4 is 5.32 Å². The van der Waals surface area contributed by atoms with Crippen molar-refractivity contribution >= 4 is 17.2 Å². The van der Waals surface area contributed by atoms with Crippen LogP contribution in [0.15, 0.2) is 29.6 Å². The number of hydrogen-bond acceptors (Lipinski definition) is 3. The fourth-order valence-electron chi connectivity index (χ4n) is 1.79. The molecule has 0 atom stereocenters. The van der Waals surface area contributed by atoms with E-state index in [2.05, 4.69) is 10.3 Å². The standard InChI is InChI=1S/C14H15FN2OS/c1-9(18)17-14(2,3)12-8-19-13(16-12)10-4-6-11(15)7-5-10/h4-8H,1-3H3,(H,17,18). The molecule has 0 aliphatic rings. The van der Waals surface area contributed by atoms with Crippen molar-refractivity contribution in [2.45, 2.75) is 26.3 Å². The molecule has 1 aromatic carbocycles. The molecule has 19 heavy (non-hydrogen) atoms. The lowest BCUT2D eigenvalue weighted by molar-refractivity contribution is -0.120. The van der Waals surface area contributed by atoms with Gasteiger partial charge in [-0.05, 0) is 38.1 Å². The van der Waals surface area contributed by atoms with E-state index in [0.717, 1.165) is 16.3 Å². The van der Waals surface area contributed by atoms with Crippen LogP contribution in [0.4, 0.5) is 4.39 Å². The molecule has 0 unspecified atom stereocenters. The average molecular weight is 278 g/mol. The molecular formula is C14H15FN2OS. The van der Waals surface area contributed by atoms with E-state index in [-0.39, 0.29) is 11.7 Å². The van der Waals surface area contributed by atoms with E-state index in [0.29, 0.717) is 0 Å². The van der Waals surface area contributed by atoms with Crippen molar-refractivity contribution in [3.63, 3.8) is 0 Å². The lowest BCUT2D eigenvalue weighted by atomic mass is 10.0. The van der Waals surface area contributed by atoms with Crippen molar-refractivity contribution in [1.82, 2.24) is 10.3 Å². The Morgan fingerprint density at radius 2 is 1.95 bits per heavy atom. The molecule has 5 heteroatoms. The fourth-order valence-corrected chi connectivity index (χ4v) is 2.78. The lowest BCUT2D eigenvalue weighted by Gasteiger charge is -2.23. The zero-order valence-corrected chi connectivity index (χ0v) is 11.8. The lowest BCUT2D eigenvalue weighted by Crippen LogP contribution is -2.39. The maximum atomic E-state index is 12.9. The Bertz CT molecular complexity index is 590. The highest BCUT2D eigenvalue weighted by atomic mass is 32.1. The molecule has 0 aliphatic carbocycles. The minimum Gasteiger partial charge on any atom is -0.346 e. The van der Waals surface area contributed by atoms with Gasteiger partial charge >= 0.3 is 0 Å². The smallest absolute Gasteiger partial charge is 0.217 e. The molecule has 0 fully saturated rings. The maximum absolute atomic E-state index is 12.9. The van der Waals surface area contributed by atoms with Crippen LogP contribution in [-0.4, -0.2) is 10.9 Å². The zero-order chi connectivity index (χ0) is 14.0. The zero-order valence-electron chi connectivity index (χ0n) is 11.0. The summed E-state index contributed by atoms with van der Waals surface area (Å²) in [4.78, 5) is 15.7. The molecule has 0 radical (unpaired) electrons. The van der Waals surface area contributed by atoms with E-state index in [1.165, 1.54) is 30.4 Å². The van der Waals surface area contributed by atoms with Crippen LogP contribution >= 0.6 is 11.3 Å². The number of carbonyl (C=O) groups excluding carboxylic acids is 1. The van der Waals surface area contributed by atoms with Crippen LogP contribution in [0.2, 0.25) is 0 Å².